The van der Waals surface area contributed by atoms with E-state index in [-0.39, 0.29) is 15.5 Å². The zero-order chi connectivity index (χ0) is 15.7. The van der Waals surface area contributed by atoms with Crippen molar-refractivity contribution < 1.29 is 13.5 Å². The molecule has 5 heteroatoms. The van der Waals surface area contributed by atoms with Gasteiger partial charge in [-0.2, -0.15) is 0 Å². The first-order chi connectivity index (χ1) is 10.5. The number of hydrogen-bond donors (Lipinski definition) is 1. The third-order valence-corrected chi connectivity index (χ3v) is 5.99. The summed E-state index contributed by atoms with van der Waals surface area (Å²) in [5.41, 5.74) is 1.19. The number of benzene rings is 2. The average molecular weight is 317 g/mol. The van der Waals surface area contributed by atoms with Gasteiger partial charge in [-0.1, -0.05) is 12.1 Å². The highest BCUT2D eigenvalue weighted by Gasteiger charge is 2.22. The smallest absolute Gasteiger partial charge is 0.206 e. The SMILES string of the molecule is CN1CCC(c2ccc(S(=O)(=O)c3ccc(O)cc3)cc2)C1. The van der Waals surface area contributed by atoms with Gasteiger partial charge in [0, 0.05) is 6.54 Å². The molecular formula is C17H19NO3S. The lowest BCUT2D eigenvalue weighted by Crippen LogP contribution is -2.13. The van der Waals surface area contributed by atoms with E-state index in [4.69, 9.17) is 0 Å². The maximum absolute atomic E-state index is 12.5. The second-order valence-corrected chi connectivity index (χ2v) is 7.76. The first kappa shape index (κ1) is 15.1. The Balaban J connectivity index is 1.87. The fourth-order valence-electron chi connectivity index (χ4n) is 2.89. The van der Waals surface area contributed by atoms with Gasteiger partial charge in [0.15, 0.2) is 0 Å². The van der Waals surface area contributed by atoms with Gasteiger partial charge in [-0.25, -0.2) is 8.42 Å². The Kier molecular flexibility index (Phi) is 3.93. The molecule has 0 aromatic heterocycles. The maximum Gasteiger partial charge on any atom is 0.206 e. The molecule has 1 unspecified atom stereocenters. The summed E-state index contributed by atoms with van der Waals surface area (Å²) < 4.78 is 25.1. The molecule has 0 aliphatic carbocycles. The summed E-state index contributed by atoms with van der Waals surface area (Å²) >= 11 is 0. The highest BCUT2D eigenvalue weighted by atomic mass is 32.2. The summed E-state index contributed by atoms with van der Waals surface area (Å²) in [5.74, 6) is 0.537. The highest BCUT2D eigenvalue weighted by Crippen LogP contribution is 2.28. The lowest BCUT2D eigenvalue weighted by molar-refractivity contribution is 0.411. The minimum atomic E-state index is -3.53. The molecule has 1 fully saturated rings. The summed E-state index contributed by atoms with van der Waals surface area (Å²) in [5, 5.41) is 9.27. The van der Waals surface area contributed by atoms with Crippen LogP contribution in [0.1, 0.15) is 17.9 Å². The number of phenols is 1. The normalized spacial score (nSPS) is 19.4. The van der Waals surface area contributed by atoms with Crippen LogP contribution in [0.5, 0.6) is 5.75 Å². The molecule has 116 valence electrons. The van der Waals surface area contributed by atoms with Gasteiger partial charge in [0.2, 0.25) is 9.84 Å². The van der Waals surface area contributed by atoms with Crippen molar-refractivity contribution in [2.75, 3.05) is 20.1 Å². The number of rotatable bonds is 3. The summed E-state index contributed by atoms with van der Waals surface area (Å²) in [4.78, 5) is 2.76. The second kappa shape index (κ2) is 5.74. The maximum atomic E-state index is 12.5. The Bertz CT molecular complexity index is 751. The molecule has 0 bridgehead atoms. The van der Waals surface area contributed by atoms with Crippen LogP contribution < -0.4 is 0 Å². The molecule has 1 heterocycles. The zero-order valence-electron chi connectivity index (χ0n) is 12.4. The number of phenolic OH excluding ortho intramolecular Hbond substituents is 1. The van der Waals surface area contributed by atoms with Gasteiger partial charge in [-0.15, -0.1) is 0 Å². The van der Waals surface area contributed by atoms with Crippen LogP contribution in [0.25, 0.3) is 0 Å². The highest BCUT2D eigenvalue weighted by molar-refractivity contribution is 7.91. The quantitative estimate of drug-likeness (QED) is 0.945. The lowest BCUT2D eigenvalue weighted by atomic mass is 9.99. The Morgan fingerprint density at radius 2 is 1.55 bits per heavy atom. The van der Waals surface area contributed by atoms with Gasteiger partial charge in [0.05, 0.1) is 9.79 Å². The molecule has 4 nitrogen and oxygen atoms in total. The van der Waals surface area contributed by atoms with Gasteiger partial charge in [0.1, 0.15) is 5.75 Å². The first-order valence-electron chi connectivity index (χ1n) is 7.29. The molecule has 1 atom stereocenters. The van der Waals surface area contributed by atoms with E-state index >= 15 is 0 Å². The fraction of sp³-hybridized carbons (Fsp3) is 0.294. The van der Waals surface area contributed by atoms with Crippen molar-refractivity contribution in [3.63, 3.8) is 0 Å². The molecule has 3 rings (SSSR count). The average Bonchev–Trinajstić information content (AvgIpc) is 2.94. The van der Waals surface area contributed by atoms with Crippen molar-refractivity contribution in [1.29, 1.82) is 0 Å². The number of nitrogens with zero attached hydrogens (tertiary/aromatic N) is 1. The van der Waals surface area contributed by atoms with Crippen LogP contribution in [0.3, 0.4) is 0 Å². The number of aromatic hydroxyl groups is 1. The van der Waals surface area contributed by atoms with E-state index < -0.39 is 9.84 Å². The van der Waals surface area contributed by atoms with Crippen LogP contribution in [0.15, 0.2) is 58.3 Å². The van der Waals surface area contributed by atoms with E-state index in [2.05, 4.69) is 11.9 Å². The predicted molar refractivity (Wildman–Crippen MR) is 84.9 cm³/mol. The molecular weight excluding hydrogens is 298 g/mol. The second-order valence-electron chi connectivity index (χ2n) is 5.81. The van der Waals surface area contributed by atoms with Crippen molar-refractivity contribution in [2.24, 2.45) is 0 Å². The van der Waals surface area contributed by atoms with Crippen LogP contribution in [-0.2, 0) is 9.84 Å². The first-order valence-corrected chi connectivity index (χ1v) is 8.78. The number of likely N-dealkylation sites (tertiary alicyclic amines) is 1. The minimum absolute atomic E-state index is 0.0552. The Labute approximate surface area is 130 Å². The molecule has 1 aliphatic rings. The van der Waals surface area contributed by atoms with Crippen molar-refractivity contribution in [1.82, 2.24) is 4.90 Å². The predicted octanol–water partition coefficient (Wildman–Crippen LogP) is 2.64. The fourth-order valence-corrected chi connectivity index (χ4v) is 4.15. The molecule has 0 amide bonds. The van der Waals surface area contributed by atoms with Crippen molar-refractivity contribution in [3.05, 3.63) is 54.1 Å². The molecule has 1 aliphatic heterocycles. The summed E-state index contributed by atoms with van der Waals surface area (Å²) in [6.45, 7) is 2.10. The number of likely N-dealkylation sites (N-methyl/N-ethyl adjacent to an activating group) is 1. The Morgan fingerprint density at radius 1 is 1.00 bits per heavy atom. The van der Waals surface area contributed by atoms with E-state index in [9.17, 15) is 13.5 Å². The summed E-state index contributed by atoms with van der Waals surface area (Å²) in [6, 6.07) is 12.8. The van der Waals surface area contributed by atoms with E-state index in [1.807, 2.05) is 12.1 Å². The van der Waals surface area contributed by atoms with E-state index in [1.54, 1.807) is 12.1 Å². The van der Waals surface area contributed by atoms with Crippen molar-refractivity contribution >= 4 is 9.84 Å². The number of sulfone groups is 1. The molecule has 22 heavy (non-hydrogen) atoms. The molecule has 2 aromatic carbocycles. The molecule has 0 radical (unpaired) electrons. The molecule has 1 N–H and O–H groups in total. The lowest BCUT2D eigenvalue weighted by Gasteiger charge is -2.12. The molecule has 0 saturated carbocycles. The number of hydrogen-bond acceptors (Lipinski definition) is 4. The Morgan fingerprint density at radius 3 is 2.05 bits per heavy atom. The van der Waals surface area contributed by atoms with E-state index in [0.717, 1.165) is 19.5 Å². The van der Waals surface area contributed by atoms with Crippen LogP contribution in [0.2, 0.25) is 0 Å². The Hall–Kier alpha value is -1.85. The van der Waals surface area contributed by atoms with Gasteiger partial charge >= 0.3 is 0 Å². The largest absolute Gasteiger partial charge is 0.508 e. The molecule has 1 saturated heterocycles. The van der Waals surface area contributed by atoms with Crippen molar-refractivity contribution in [3.8, 4) is 5.75 Å². The third-order valence-electron chi connectivity index (χ3n) is 4.20. The topological polar surface area (TPSA) is 57.6 Å². The van der Waals surface area contributed by atoms with Crippen LogP contribution in [-0.4, -0.2) is 38.6 Å². The van der Waals surface area contributed by atoms with Crippen LogP contribution in [0.4, 0.5) is 0 Å². The third kappa shape index (κ3) is 2.87. The van der Waals surface area contributed by atoms with Gasteiger partial charge < -0.3 is 10.0 Å². The van der Waals surface area contributed by atoms with E-state index in [1.165, 1.54) is 29.8 Å². The monoisotopic (exact) mass is 317 g/mol. The minimum Gasteiger partial charge on any atom is -0.508 e. The van der Waals surface area contributed by atoms with Crippen LogP contribution in [0, 0.1) is 0 Å². The van der Waals surface area contributed by atoms with Crippen molar-refractivity contribution in [2.45, 2.75) is 22.1 Å². The van der Waals surface area contributed by atoms with Crippen LogP contribution >= 0.6 is 0 Å². The molecule has 2 aromatic rings. The molecule has 0 spiro atoms. The standard InChI is InChI=1S/C17H19NO3S/c1-18-11-10-14(12-18)13-2-6-16(7-3-13)22(20,21)17-8-4-15(19)5-9-17/h2-9,14,19H,10-12H2,1H3. The summed E-state index contributed by atoms with van der Waals surface area (Å²) in [6.07, 6.45) is 1.11. The van der Waals surface area contributed by atoms with Gasteiger partial charge in [-0.05, 0) is 67.9 Å². The van der Waals surface area contributed by atoms with Gasteiger partial charge in [-0.3, -0.25) is 0 Å². The van der Waals surface area contributed by atoms with E-state index in [0.29, 0.717) is 5.92 Å². The zero-order valence-corrected chi connectivity index (χ0v) is 13.3. The van der Waals surface area contributed by atoms with Gasteiger partial charge in [0.25, 0.3) is 0 Å². The summed E-state index contributed by atoms with van der Waals surface area (Å²) in [7, 11) is -1.43.